The van der Waals surface area contributed by atoms with Gasteiger partial charge in [-0.3, -0.25) is 33.6 Å². The molecule has 8 rings (SSSR count). The predicted molar refractivity (Wildman–Crippen MR) is 267 cm³/mol. The fraction of sp³-hybridized carbons (Fsp3) is 0.451. The molecule has 2 unspecified atom stereocenters. The Labute approximate surface area is 411 Å². The predicted octanol–water partition coefficient (Wildman–Crippen LogP) is 5.07. The van der Waals surface area contributed by atoms with Crippen molar-refractivity contribution in [2.75, 3.05) is 44.7 Å². The van der Waals surface area contributed by atoms with Crippen LogP contribution in [0, 0.1) is 18.3 Å². The lowest BCUT2D eigenvalue weighted by Crippen LogP contribution is -2.57. The zero-order valence-corrected chi connectivity index (χ0v) is 41.2. The number of nitrogens with one attached hydrogen (secondary N) is 5. The second kappa shape index (κ2) is 22.0. The maximum Gasteiger partial charge on any atom is 0.255 e. The largest absolute Gasteiger partial charge is 0.391 e. The SMILES string of the molecule is Cc1ncsc1-c1ccc(CNC(=O)[C@@H]2C[C@@H](O)CN2C(=O)C(NC(=O)CCOCCC(=O)NCCC2CCN(Cc3nc4ccc(NC(=O)c5ccc6c(cnn6C)c5)cc4[nH]3)C2)C(C)(C)C)cc1. The van der Waals surface area contributed by atoms with Crippen LogP contribution >= 0.6 is 11.3 Å². The van der Waals surface area contributed by atoms with Crippen LogP contribution in [0.2, 0.25) is 0 Å². The molecule has 4 atom stereocenters. The van der Waals surface area contributed by atoms with Gasteiger partial charge in [-0.15, -0.1) is 11.3 Å². The van der Waals surface area contributed by atoms with Crippen LogP contribution in [0.4, 0.5) is 5.69 Å². The van der Waals surface area contributed by atoms with Crippen molar-refractivity contribution in [2.24, 2.45) is 18.4 Å². The molecule has 3 aromatic carbocycles. The van der Waals surface area contributed by atoms with Gasteiger partial charge in [0.1, 0.15) is 17.9 Å². The number of H-pyrrole nitrogens is 1. The van der Waals surface area contributed by atoms with Crippen molar-refractivity contribution in [1.29, 1.82) is 0 Å². The number of imidazole rings is 1. The molecule has 2 aliphatic heterocycles. The van der Waals surface area contributed by atoms with Crippen LogP contribution in [0.15, 0.2) is 72.4 Å². The maximum absolute atomic E-state index is 14.0. The summed E-state index contributed by atoms with van der Waals surface area (Å²) < 4.78 is 7.42. The number of aliphatic hydroxyl groups excluding tert-OH is 1. The number of likely N-dealkylation sites (tertiary alicyclic amines) is 2. The molecule has 0 aliphatic carbocycles. The average Bonchev–Trinajstić information content (AvgIpc) is 4.19. The zero-order valence-electron chi connectivity index (χ0n) is 40.4. The molecule has 0 radical (unpaired) electrons. The van der Waals surface area contributed by atoms with E-state index in [1.54, 1.807) is 28.3 Å². The van der Waals surface area contributed by atoms with Crippen molar-refractivity contribution in [3.8, 4) is 10.4 Å². The molecule has 2 saturated heterocycles. The standard InChI is InChI=1S/C51H63N11O7S/c1-31-46(70-30-54-31)34-8-6-32(7-9-34)25-53-49(67)42-24-38(63)28-62(42)50(68)47(51(2,3)4)59-45(65)17-21-69-20-16-44(64)52-18-14-33-15-19-61(27-33)29-43-57-39-12-11-37(23-40(39)58-43)56-48(66)35-10-13-41-36(22-35)26-55-60(41)5/h6-13,22-23,26,30,33,38,42,47,63H,14-21,24-25,27-29H2,1-5H3,(H,52,64)(H,53,67)(H,56,66)(H,57,58)(H,59,65)/t33?,38-,42+,47?/m1/s1. The lowest BCUT2D eigenvalue weighted by Gasteiger charge is -2.35. The molecule has 70 heavy (non-hydrogen) atoms. The fourth-order valence-corrected chi connectivity index (χ4v) is 9.99. The number of hydrogen-bond donors (Lipinski definition) is 6. The first-order valence-corrected chi connectivity index (χ1v) is 24.8. The number of ether oxygens (including phenoxy) is 1. The molecule has 0 spiro atoms. The number of carbonyl (C=O) groups excluding carboxylic acids is 5. The Bertz CT molecular complexity index is 2830. The summed E-state index contributed by atoms with van der Waals surface area (Å²) in [6.07, 6.45) is 2.96. The molecule has 6 aromatic rings. The molecule has 5 heterocycles. The van der Waals surface area contributed by atoms with Gasteiger partial charge in [0.15, 0.2) is 0 Å². The molecule has 2 aliphatic rings. The summed E-state index contributed by atoms with van der Waals surface area (Å²) >= 11 is 1.57. The van der Waals surface area contributed by atoms with Gasteiger partial charge in [-0.1, -0.05) is 45.0 Å². The highest BCUT2D eigenvalue weighted by molar-refractivity contribution is 7.13. The van der Waals surface area contributed by atoms with Crippen LogP contribution in [-0.4, -0.2) is 127 Å². The highest BCUT2D eigenvalue weighted by Gasteiger charge is 2.44. The summed E-state index contributed by atoms with van der Waals surface area (Å²) in [4.78, 5) is 83.5. The number of β-amino-alcohol motifs (C(OH)–C–C–N with tert-alkyl or cyclic N) is 1. The molecule has 19 heteroatoms. The monoisotopic (exact) mass is 973 g/mol. The molecule has 5 amide bonds. The van der Waals surface area contributed by atoms with Gasteiger partial charge in [0.2, 0.25) is 23.6 Å². The van der Waals surface area contributed by atoms with Crippen molar-refractivity contribution < 1.29 is 33.8 Å². The van der Waals surface area contributed by atoms with Gasteiger partial charge in [-0.2, -0.15) is 5.10 Å². The fourth-order valence-electron chi connectivity index (χ4n) is 9.18. The van der Waals surface area contributed by atoms with Crippen LogP contribution < -0.4 is 21.3 Å². The number of fused-ring (bicyclic) bond motifs is 2. The second-order valence-electron chi connectivity index (χ2n) is 19.5. The minimum atomic E-state index is -0.955. The Morgan fingerprint density at radius 1 is 0.971 bits per heavy atom. The van der Waals surface area contributed by atoms with Gasteiger partial charge >= 0.3 is 0 Å². The van der Waals surface area contributed by atoms with Crippen LogP contribution in [0.1, 0.15) is 80.3 Å². The molecule has 6 N–H and O–H groups in total. The molecule has 3 aromatic heterocycles. The van der Waals surface area contributed by atoms with Crippen LogP contribution in [-0.2, 0) is 44.1 Å². The summed E-state index contributed by atoms with van der Waals surface area (Å²) in [5, 5.41) is 27.5. The summed E-state index contributed by atoms with van der Waals surface area (Å²) in [7, 11) is 1.87. The number of aromatic nitrogens is 5. The number of anilines is 1. The first-order valence-electron chi connectivity index (χ1n) is 23.9. The number of carbonyl (C=O) groups is 5. The smallest absolute Gasteiger partial charge is 0.255 e. The number of hydrogen-bond acceptors (Lipinski definition) is 12. The number of thiazole rings is 1. The van der Waals surface area contributed by atoms with Crippen molar-refractivity contribution >= 4 is 68.5 Å². The third-order valence-electron chi connectivity index (χ3n) is 13.1. The second-order valence-corrected chi connectivity index (χ2v) is 20.4. The quantitative estimate of drug-likeness (QED) is 0.0588. The van der Waals surface area contributed by atoms with Crippen LogP contribution in [0.5, 0.6) is 0 Å². The lowest BCUT2D eigenvalue weighted by molar-refractivity contribution is -0.144. The van der Waals surface area contributed by atoms with Gasteiger partial charge in [0, 0.05) is 69.1 Å². The topological polar surface area (TPSA) is 229 Å². The van der Waals surface area contributed by atoms with Crippen molar-refractivity contribution in [1.82, 2.24) is 50.5 Å². The summed E-state index contributed by atoms with van der Waals surface area (Å²) in [5.41, 5.74) is 7.87. The zero-order chi connectivity index (χ0) is 49.5. The van der Waals surface area contributed by atoms with Gasteiger partial charge in [0.05, 0.1) is 64.7 Å². The average molecular weight is 974 g/mol. The lowest BCUT2D eigenvalue weighted by atomic mass is 9.85. The first kappa shape index (κ1) is 49.9. The van der Waals surface area contributed by atoms with Crippen LogP contribution in [0.25, 0.3) is 32.4 Å². The van der Waals surface area contributed by atoms with Gasteiger partial charge in [-0.05, 0) is 85.2 Å². The van der Waals surface area contributed by atoms with E-state index in [4.69, 9.17) is 9.72 Å². The Hall–Kier alpha value is -6.54. The molecular formula is C51H63N11O7S. The number of rotatable bonds is 19. The third kappa shape index (κ3) is 12.4. The summed E-state index contributed by atoms with van der Waals surface area (Å²) in [6, 6.07) is 17.2. The maximum atomic E-state index is 14.0. The highest BCUT2D eigenvalue weighted by Crippen LogP contribution is 2.29. The van der Waals surface area contributed by atoms with E-state index in [2.05, 4.69) is 41.2 Å². The number of amides is 5. The number of aliphatic hydroxyl groups is 1. The van der Waals surface area contributed by atoms with Crippen molar-refractivity contribution in [3.63, 3.8) is 0 Å². The van der Waals surface area contributed by atoms with E-state index in [9.17, 15) is 29.1 Å². The van der Waals surface area contributed by atoms with Gasteiger partial charge in [-0.25, -0.2) is 9.97 Å². The molecular weight excluding hydrogens is 911 g/mol. The Kier molecular flexibility index (Phi) is 15.7. The number of benzene rings is 3. The number of nitrogens with zero attached hydrogens (tertiary/aromatic N) is 6. The van der Waals surface area contributed by atoms with Gasteiger partial charge in [0.25, 0.3) is 5.91 Å². The molecule has 0 saturated carbocycles. The molecule has 18 nitrogen and oxygen atoms in total. The van der Waals surface area contributed by atoms with E-state index in [-0.39, 0.29) is 63.3 Å². The van der Waals surface area contributed by atoms with E-state index < -0.39 is 35.4 Å². The van der Waals surface area contributed by atoms with Crippen molar-refractivity contribution in [3.05, 3.63) is 95.0 Å². The van der Waals surface area contributed by atoms with Crippen molar-refractivity contribution in [2.45, 2.75) is 91.1 Å². The van der Waals surface area contributed by atoms with E-state index in [0.29, 0.717) is 30.3 Å². The Balaban J connectivity index is 0.706. The third-order valence-corrected chi connectivity index (χ3v) is 14.1. The minimum Gasteiger partial charge on any atom is -0.391 e. The normalized spacial score (nSPS) is 17.8. The molecule has 0 bridgehead atoms. The Morgan fingerprint density at radius 2 is 1.76 bits per heavy atom. The first-order chi connectivity index (χ1) is 33.6. The summed E-state index contributed by atoms with van der Waals surface area (Å²) in [5.74, 6) is -0.250. The Morgan fingerprint density at radius 3 is 2.51 bits per heavy atom. The van der Waals surface area contributed by atoms with E-state index >= 15 is 0 Å². The highest BCUT2D eigenvalue weighted by atomic mass is 32.1. The van der Waals surface area contributed by atoms with E-state index in [0.717, 1.165) is 75.4 Å². The molecule has 2 fully saturated rings. The minimum absolute atomic E-state index is 0.0183. The van der Waals surface area contributed by atoms with E-state index in [1.807, 2.05) is 94.9 Å². The number of aromatic amines is 1. The van der Waals surface area contributed by atoms with E-state index in [1.165, 1.54) is 4.90 Å². The molecule has 370 valence electrons. The van der Waals surface area contributed by atoms with Crippen LogP contribution in [0.3, 0.4) is 0 Å². The number of aryl methyl sites for hydroxylation is 2. The van der Waals surface area contributed by atoms with Gasteiger partial charge < -0.3 is 41.0 Å². The summed E-state index contributed by atoms with van der Waals surface area (Å²) in [6.45, 7) is 10.9.